The van der Waals surface area contributed by atoms with E-state index in [9.17, 15) is 24.0 Å². The van der Waals surface area contributed by atoms with Crippen molar-refractivity contribution < 1.29 is 33.4 Å². The molecule has 4 unspecified atom stereocenters. The molecule has 4 rings (SSSR count). The standard InChI is InChI=1S/C25H19Br2Cl2NO7/c26-17-8-15-16(9-18(17)27)24(34)30(23(15)33)10-22(32)36-11-21(31)12-1-4-14(5-2-12)37-25(35)13-3-6-19(28)20(29)7-13/h1-7,15-18H,8-11H2. The van der Waals surface area contributed by atoms with Gasteiger partial charge in [0.25, 0.3) is 0 Å². The minimum atomic E-state index is -0.855. The van der Waals surface area contributed by atoms with Crippen molar-refractivity contribution in [3.8, 4) is 5.75 Å². The molecule has 37 heavy (non-hydrogen) atoms. The summed E-state index contributed by atoms with van der Waals surface area (Å²) in [5, 5.41) is 0.516. The van der Waals surface area contributed by atoms with Crippen LogP contribution in [0.2, 0.25) is 10.0 Å². The molecule has 1 aliphatic heterocycles. The van der Waals surface area contributed by atoms with Gasteiger partial charge in [0.1, 0.15) is 12.3 Å². The molecule has 0 radical (unpaired) electrons. The number of hydrogen-bond donors (Lipinski definition) is 0. The van der Waals surface area contributed by atoms with E-state index in [4.69, 9.17) is 32.7 Å². The fraction of sp³-hybridized carbons (Fsp3) is 0.320. The van der Waals surface area contributed by atoms with Gasteiger partial charge < -0.3 is 9.47 Å². The van der Waals surface area contributed by atoms with E-state index in [1.54, 1.807) is 0 Å². The number of nitrogens with zero attached hydrogens (tertiary/aromatic N) is 1. The summed E-state index contributed by atoms with van der Waals surface area (Å²) in [7, 11) is 0. The topological polar surface area (TPSA) is 107 Å². The smallest absolute Gasteiger partial charge is 0.343 e. The zero-order valence-electron chi connectivity index (χ0n) is 19.0. The molecule has 0 bridgehead atoms. The third kappa shape index (κ3) is 6.25. The van der Waals surface area contributed by atoms with Gasteiger partial charge in [-0.25, -0.2) is 4.79 Å². The van der Waals surface area contributed by atoms with Crippen LogP contribution < -0.4 is 4.74 Å². The van der Waals surface area contributed by atoms with Gasteiger partial charge in [-0.2, -0.15) is 0 Å². The minimum absolute atomic E-state index is 0.0564. The largest absolute Gasteiger partial charge is 0.456 e. The van der Waals surface area contributed by atoms with Gasteiger partial charge >= 0.3 is 11.9 Å². The number of amides is 2. The summed E-state index contributed by atoms with van der Waals surface area (Å²) in [6, 6.07) is 10.00. The highest BCUT2D eigenvalue weighted by Crippen LogP contribution is 2.43. The number of hydrogen-bond acceptors (Lipinski definition) is 7. The number of ether oxygens (including phenoxy) is 2. The molecule has 1 heterocycles. The molecule has 12 heteroatoms. The van der Waals surface area contributed by atoms with E-state index in [2.05, 4.69) is 31.9 Å². The van der Waals surface area contributed by atoms with Crippen LogP contribution in [0.15, 0.2) is 42.5 Å². The van der Waals surface area contributed by atoms with E-state index in [0.717, 1.165) is 4.90 Å². The Balaban J connectivity index is 1.28. The molecule has 2 aromatic rings. The van der Waals surface area contributed by atoms with E-state index < -0.39 is 54.5 Å². The molecule has 1 saturated carbocycles. The van der Waals surface area contributed by atoms with Crippen LogP contribution in [0.25, 0.3) is 0 Å². The number of carbonyl (C=O) groups excluding carboxylic acids is 5. The maximum Gasteiger partial charge on any atom is 0.343 e. The maximum absolute atomic E-state index is 12.7. The summed E-state index contributed by atoms with van der Waals surface area (Å²) in [5.41, 5.74) is 0.419. The van der Waals surface area contributed by atoms with E-state index in [1.807, 2.05) is 0 Å². The summed E-state index contributed by atoms with van der Waals surface area (Å²) in [6.45, 7) is -1.11. The summed E-state index contributed by atoms with van der Waals surface area (Å²) >= 11 is 18.8. The van der Waals surface area contributed by atoms with Crippen molar-refractivity contribution in [2.75, 3.05) is 13.2 Å². The molecule has 2 aromatic carbocycles. The highest BCUT2D eigenvalue weighted by atomic mass is 79.9. The third-order valence-electron chi connectivity index (χ3n) is 6.20. The molecule has 2 amide bonds. The van der Waals surface area contributed by atoms with Crippen LogP contribution in [0.3, 0.4) is 0 Å². The molecule has 4 atom stereocenters. The number of carbonyl (C=O) groups is 5. The average Bonchev–Trinajstić information content (AvgIpc) is 3.09. The van der Waals surface area contributed by atoms with Crippen LogP contribution in [0.4, 0.5) is 0 Å². The summed E-state index contributed by atoms with van der Waals surface area (Å²) in [4.78, 5) is 63.4. The predicted octanol–water partition coefficient (Wildman–Crippen LogP) is 4.86. The van der Waals surface area contributed by atoms with Gasteiger partial charge in [0.15, 0.2) is 12.4 Å². The Labute approximate surface area is 238 Å². The highest BCUT2D eigenvalue weighted by molar-refractivity contribution is 9.12. The first-order valence-electron chi connectivity index (χ1n) is 11.1. The van der Waals surface area contributed by atoms with Crippen molar-refractivity contribution in [3.05, 3.63) is 63.6 Å². The van der Waals surface area contributed by atoms with E-state index in [-0.39, 0.29) is 31.6 Å². The number of imide groups is 1. The number of esters is 2. The molecule has 1 saturated heterocycles. The lowest BCUT2D eigenvalue weighted by Gasteiger charge is -2.29. The molecule has 2 fully saturated rings. The molecule has 2 aliphatic rings. The lowest BCUT2D eigenvalue weighted by Crippen LogP contribution is -2.37. The Hall–Kier alpha value is -2.27. The number of halogens is 4. The van der Waals surface area contributed by atoms with E-state index in [1.165, 1.54) is 42.5 Å². The van der Waals surface area contributed by atoms with Crippen LogP contribution in [0.1, 0.15) is 33.6 Å². The first-order chi connectivity index (χ1) is 17.5. The van der Waals surface area contributed by atoms with Crippen molar-refractivity contribution in [2.45, 2.75) is 22.5 Å². The highest BCUT2D eigenvalue weighted by Gasteiger charge is 2.52. The number of rotatable bonds is 7. The number of fused-ring (bicyclic) bond motifs is 1. The van der Waals surface area contributed by atoms with Crippen molar-refractivity contribution in [2.24, 2.45) is 11.8 Å². The molecular formula is C25H19Br2Cl2NO7. The number of alkyl halides is 2. The summed E-state index contributed by atoms with van der Waals surface area (Å²) < 4.78 is 10.3. The van der Waals surface area contributed by atoms with Gasteiger partial charge in [0, 0.05) is 15.2 Å². The van der Waals surface area contributed by atoms with E-state index in [0.29, 0.717) is 17.9 Å². The van der Waals surface area contributed by atoms with Crippen LogP contribution in [0.5, 0.6) is 5.75 Å². The van der Waals surface area contributed by atoms with Gasteiger partial charge in [0.2, 0.25) is 11.8 Å². The molecule has 0 N–H and O–H groups in total. The second kappa shape index (κ2) is 11.6. The minimum Gasteiger partial charge on any atom is -0.456 e. The summed E-state index contributed by atoms with van der Waals surface area (Å²) in [6.07, 6.45) is 0.988. The number of benzene rings is 2. The van der Waals surface area contributed by atoms with Crippen molar-refractivity contribution in [1.82, 2.24) is 4.90 Å². The monoisotopic (exact) mass is 673 g/mol. The zero-order valence-corrected chi connectivity index (χ0v) is 23.7. The first-order valence-corrected chi connectivity index (χ1v) is 13.7. The Kier molecular flexibility index (Phi) is 8.73. The van der Waals surface area contributed by atoms with Gasteiger partial charge in [-0.3, -0.25) is 24.1 Å². The van der Waals surface area contributed by atoms with Gasteiger partial charge in [0.05, 0.1) is 27.4 Å². The van der Waals surface area contributed by atoms with Gasteiger partial charge in [-0.15, -0.1) is 0 Å². The first kappa shape index (κ1) is 27.8. The van der Waals surface area contributed by atoms with Crippen molar-refractivity contribution in [1.29, 1.82) is 0 Å². The fourth-order valence-electron chi connectivity index (χ4n) is 4.22. The van der Waals surface area contributed by atoms with Crippen molar-refractivity contribution in [3.63, 3.8) is 0 Å². The SMILES string of the molecule is O=C(CN1C(=O)C2CC(Br)C(Br)CC2C1=O)OCC(=O)c1ccc(OC(=O)c2ccc(Cl)c(Cl)c2)cc1. The Morgan fingerprint density at radius 3 is 2.00 bits per heavy atom. The number of Topliss-reactive ketones (excluding diaryl/α,β-unsaturated/α-hetero) is 1. The number of ketones is 1. The zero-order chi connectivity index (χ0) is 26.9. The van der Waals surface area contributed by atoms with Crippen LogP contribution in [-0.4, -0.2) is 57.2 Å². The lowest BCUT2D eigenvalue weighted by molar-refractivity contribution is -0.152. The number of likely N-dealkylation sites (tertiary alicyclic amines) is 1. The summed E-state index contributed by atoms with van der Waals surface area (Å²) in [5.74, 6) is -3.56. The Bertz CT molecular complexity index is 1240. The van der Waals surface area contributed by atoms with Gasteiger partial charge in [-0.05, 0) is 55.3 Å². The lowest BCUT2D eigenvalue weighted by atomic mass is 9.81. The van der Waals surface area contributed by atoms with Crippen molar-refractivity contribution >= 4 is 84.6 Å². The normalized spacial score (nSPS) is 23.0. The quantitative estimate of drug-likeness (QED) is 0.136. The fourth-order valence-corrected chi connectivity index (χ4v) is 5.76. The second-order valence-corrected chi connectivity index (χ2v) is 11.8. The third-order valence-corrected chi connectivity index (χ3v) is 9.67. The molecule has 1 aliphatic carbocycles. The van der Waals surface area contributed by atoms with Crippen LogP contribution in [0, 0.1) is 11.8 Å². The van der Waals surface area contributed by atoms with Gasteiger partial charge in [-0.1, -0.05) is 55.1 Å². The molecule has 0 aromatic heterocycles. The molecule has 8 nitrogen and oxygen atoms in total. The predicted molar refractivity (Wildman–Crippen MR) is 142 cm³/mol. The second-order valence-electron chi connectivity index (χ2n) is 8.61. The van der Waals surface area contributed by atoms with Crippen LogP contribution in [-0.2, 0) is 19.1 Å². The molecular weight excluding hydrogens is 657 g/mol. The Morgan fingerprint density at radius 1 is 0.865 bits per heavy atom. The molecule has 0 spiro atoms. The maximum atomic E-state index is 12.7. The average molecular weight is 676 g/mol. The molecule has 194 valence electrons. The van der Waals surface area contributed by atoms with E-state index >= 15 is 0 Å². The Morgan fingerprint density at radius 2 is 1.43 bits per heavy atom. The van der Waals surface area contributed by atoms with Crippen LogP contribution >= 0.6 is 55.1 Å².